The number of hydrogen-bond donors (Lipinski definition) is 2. The Morgan fingerprint density at radius 3 is 2.60 bits per heavy atom. The third-order valence-corrected chi connectivity index (χ3v) is 4.21. The summed E-state index contributed by atoms with van der Waals surface area (Å²) in [5.74, 6) is -0.212. The summed E-state index contributed by atoms with van der Waals surface area (Å²) in [5.41, 5.74) is 1.06. The molecule has 1 fully saturated rings. The molecule has 2 amide bonds. The van der Waals surface area contributed by atoms with Crippen LogP contribution >= 0.6 is 24.0 Å². The third kappa shape index (κ3) is 6.82. The number of halogens is 2. The number of nitrogens with zero attached hydrogens (tertiary/aromatic N) is 1. The highest BCUT2D eigenvalue weighted by atomic mass is 35.5. The maximum Gasteiger partial charge on any atom is 0.255 e. The van der Waals surface area contributed by atoms with E-state index in [2.05, 4.69) is 10.6 Å². The summed E-state index contributed by atoms with van der Waals surface area (Å²) in [6.45, 7) is 2.90. The zero-order valence-electron chi connectivity index (χ0n) is 14.3. The number of carbonyl (C=O) groups excluding carboxylic acids is 2. The highest BCUT2D eigenvalue weighted by Gasteiger charge is 2.20. The Morgan fingerprint density at radius 2 is 1.96 bits per heavy atom. The molecule has 1 aliphatic heterocycles. The number of methoxy groups -OCH3 is 1. The van der Waals surface area contributed by atoms with Crippen LogP contribution in [-0.4, -0.2) is 56.6 Å². The molecule has 1 heterocycles. The fraction of sp³-hybridized carbons (Fsp3) is 0.529. The van der Waals surface area contributed by atoms with E-state index in [9.17, 15) is 9.59 Å². The van der Waals surface area contributed by atoms with Crippen molar-refractivity contribution < 1.29 is 14.3 Å². The van der Waals surface area contributed by atoms with Gasteiger partial charge in [-0.15, -0.1) is 12.4 Å². The maximum atomic E-state index is 12.5. The summed E-state index contributed by atoms with van der Waals surface area (Å²) < 4.78 is 4.90. The molecule has 2 N–H and O–H groups in total. The summed E-state index contributed by atoms with van der Waals surface area (Å²) in [6.07, 6.45) is 3.24. The monoisotopic (exact) mass is 389 g/mol. The lowest BCUT2D eigenvalue weighted by molar-refractivity contribution is -0.115. The maximum absolute atomic E-state index is 12.5. The number of carbonyl (C=O) groups is 2. The lowest BCUT2D eigenvalue weighted by atomic mass is 10.1. The van der Waals surface area contributed by atoms with Crippen molar-refractivity contribution >= 4 is 41.5 Å². The summed E-state index contributed by atoms with van der Waals surface area (Å²) >= 11 is 6.24. The Kier molecular flexibility index (Phi) is 9.82. The average Bonchev–Trinajstić information content (AvgIpc) is 2.59. The van der Waals surface area contributed by atoms with E-state index < -0.39 is 0 Å². The van der Waals surface area contributed by atoms with Crippen LogP contribution in [0.25, 0.3) is 0 Å². The van der Waals surface area contributed by atoms with Gasteiger partial charge in [0, 0.05) is 32.4 Å². The van der Waals surface area contributed by atoms with Gasteiger partial charge >= 0.3 is 0 Å². The standard InChI is InChI=1S/C17H24ClN3O3.ClH/c1-24-10-7-19-12-16(22)20-13-5-6-14(15(18)11-13)17(23)21-8-3-2-4-9-21;/h5-6,11,19H,2-4,7-10,12H2,1H3,(H,20,22);1H. The number of ether oxygens (including phenoxy) is 1. The van der Waals surface area contributed by atoms with Crippen LogP contribution in [0.1, 0.15) is 29.6 Å². The first-order valence-electron chi connectivity index (χ1n) is 8.20. The number of nitrogens with one attached hydrogen (secondary N) is 2. The SMILES string of the molecule is COCCNCC(=O)Nc1ccc(C(=O)N2CCCCC2)c(Cl)c1.Cl. The van der Waals surface area contributed by atoms with E-state index in [1.165, 1.54) is 6.42 Å². The zero-order chi connectivity index (χ0) is 17.4. The number of amides is 2. The minimum absolute atomic E-state index is 0. The molecule has 6 nitrogen and oxygen atoms in total. The molecule has 2 rings (SSSR count). The topological polar surface area (TPSA) is 70.7 Å². The van der Waals surface area contributed by atoms with E-state index in [4.69, 9.17) is 16.3 Å². The molecule has 25 heavy (non-hydrogen) atoms. The normalized spacial score (nSPS) is 13.9. The van der Waals surface area contributed by atoms with Crippen LogP contribution in [0.2, 0.25) is 5.02 Å². The average molecular weight is 390 g/mol. The quantitative estimate of drug-likeness (QED) is 0.703. The molecule has 0 aliphatic carbocycles. The molecule has 1 saturated heterocycles. The molecule has 0 unspecified atom stereocenters. The molecule has 1 aromatic rings. The van der Waals surface area contributed by atoms with Crippen LogP contribution in [0, 0.1) is 0 Å². The van der Waals surface area contributed by atoms with E-state index >= 15 is 0 Å². The van der Waals surface area contributed by atoms with Gasteiger partial charge in [0.2, 0.25) is 5.91 Å². The van der Waals surface area contributed by atoms with Crippen molar-refractivity contribution in [3.8, 4) is 0 Å². The second kappa shape index (κ2) is 11.3. The van der Waals surface area contributed by atoms with Crippen molar-refractivity contribution in [2.45, 2.75) is 19.3 Å². The van der Waals surface area contributed by atoms with Crippen molar-refractivity contribution in [1.82, 2.24) is 10.2 Å². The first kappa shape index (κ1) is 21.7. The van der Waals surface area contributed by atoms with E-state index in [1.54, 1.807) is 25.3 Å². The molecule has 0 spiro atoms. The highest BCUT2D eigenvalue weighted by molar-refractivity contribution is 6.34. The van der Waals surface area contributed by atoms with Gasteiger partial charge < -0.3 is 20.3 Å². The fourth-order valence-electron chi connectivity index (χ4n) is 2.61. The van der Waals surface area contributed by atoms with Gasteiger partial charge in [-0.3, -0.25) is 9.59 Å². The van der Waals surface area contributed by atoms with Gasteiger partial charge in [0.25, 0.3) is 5.91 Å². The molecular formula is C17H25Cl2N3O3. The summed E-state index contributed by atoms with van der Waals surface area (Å²) in [4.78, 5) is 26.1. The van der Waals surface area contributed by atoms with E-state index in [0.717, 1.165) is 25.9 Å². The molecule has 0 saturated carbocycles. The van der Waals surface area contributed by atoms with Crippen molar-refractivity contribution in [2.24, 2.45) is 0 Å². The number of likely N-dealkylation sites (tertiary alicyclic amines) is 1. The highest BCUT2D eigenvalue weighted by Crippen LogP contribution is 2.23. The summed E-state index contributed by atoms with van der Waals surface area (Å²) in [5, 5.41) is 6.07. The molecule has 0 radical (unpaired) electrons. The van der Waals surface area contributed by atoms with Crippen molar-refractivity contribution in [2.75, 3.05) is 45.2 Å². The van der Waals surface area contributed by atoms with Crippen LogP contribution in [0.5, 0.6) is 0 Å². The van der Waals surface area contributed by atoms with Crippen LogP contribution < -0.4 is 10.6 Å². The molecule has 1 aliphatic rings. The lowest BCUT2D eigenvalue weighted by Gasteiger charge is -2.27. The fourth-order valence-corrected chi connectivity index (χ4v) is 2.88. The van der Waals surface area contributed by atoms with Crippen LogP contribution in [0.3, 0.4) is 0 Å². The number of benzene rings is 1. The molecule has 0 aromatic heterocycles. The van der Waals surface area contributed by atoms with E-state index in [1.807, 2.05) is 4.90 Å². The molecule has 8 heteroatoms. The van der Waals surface area contributed by atoms with Gasteiger partial charge in [-0.05, 0) is 37.5 Å². The molecular weight excluding hydrogens is 365 g/mol. The Morgan fingerprint density at radius 1 is 1.24 bits per heavy atom. The summed E-state index contributed by atoms with van der Waals surface area (Å²) in [6, 6.07) is 5.00. The van der Waals surface area contributed by atoms with Crippen LogP contribution in [0.4, 0.5) is 5.69 Å². The Bertz CT molecular complexity index is 578. The van der Waals surface area contributed by atoms with Crippen molar-refractivity contribution in [1.29, 1.82) is 0 Å². The number of hydrogen-bond acceptors (Lipinski definition) is 4. The lowest BCUT2D eigenvalue weighted by Crippen LogP contribution is -2.35. The number of rotatable bonds is 7. The van der Waals surface area contributed by atoms with Gasteiger partial charge in [-0.2, -0.15) is 0 Å². The van der Waals surface area contributed by atoms with Crippen LogP contribution in [-0.2, 0) is 9.53 Å². The van der Waals surface area contributed by atoms with E-state index in [-0.39, 0.29) is 30.8 Å². The van der Waals surface area contributed by atoms with Gasteiger partial charge in [0.1, 0.15) is 0 Å². The Balaban J connectivity index is 0.00000312. The van der Waals surface area contributed by atoms with Crippen molar-refractivity contribution in [3.63, 3.8) is 0 Å². The first-order chi connectivity index (χ1) is 11.6. The predicted octanol–water partition coefficient (Wildman–Crippen LogP) is 2.56. The first-order valence-corrected chi connectivity index (χ1v) is 8.58. The van der Waals surface area contributed by atoms with Crippen molar-refractivity contribution in [3.05, 3.63) is 28.8 Å². The predicted molar refractivity (Wildman–Crippen MR) is 102 cm³/mol. The molecule has 1 aromatic carbocycles. The van der Waals surface area contributed by atoms with Gasteiger partial charge in [-0.1, -0.05) is 11.6 Å². The van der Waals surface area contributed by atoms with Gasteiger partial charge in [-0.25, -0.2) is 0 Å². The Hall–Kier alpha value is -1.34. The second-order valence-electron chi connectivity index (χ2n) is 5.77. The number of piperidine rings is 1. The third-order valence-electron chi connectivity index (χ3n) is 3.90. The van der Waals surface area contributed by atoms with Crippen LogP contribution in [0.15, 0.2) is 18.2 Å². The molecule has 0 atom stereocenters. The zero-order valence-corrected chi connectivity index (χ0v) is 15.9. The van der Waals surface area contributed by atoms with E-state index in [0.29, 0.717) is 29.4 Å². The minimum atomic E-state index is -0.169. The van der Waals surface area contributed by atoms with Gasteiger partial charge in [0.15, 0.2) is 0 Å². The molecule has 140 valence electrons. The smallest absolute Gasteiger partial charge is 0.255 e. The number of anilines is 1. The molecule has 0 bridgehead atoms. The largest absolute Gasteiger partial charge is 0.383 e. The minimum Gasteiger partial charge on any atom is -0.383 e. The summed E-state index contributed by atoms with van der Waals surface area (Å²) in [7, 11) is 1.61. The van der Waals surface area contributed by atoms with Gasteiger partial charge in [0.05, 0.1) is 23.7 Å². The second-order valence-corrected chi connectivity index (χ2v) is 6.17. The Labute approximate surface area is 159 Å².